The fourth-order valence-corrected chi connectivity index (χ4v) is 2.74. The van der Waals surface area contributed by atoms with Crippen LogP contribution in [0.4, 0.5) is 0 Å². The van der Waals surface area contributed by atoms with E-state index >= 15 is 0 Å². The minimum Gasteiger partial charge on any atom is -0.358 e. The molecule has 0 atom stereocenters. The lowest BCUT2D eigenvalue weighted by Gasteiger charge is -2.38. The van der Waals surface area contributed by atoms with Gasteiger partial charge in [-0.3, -0.25) is 4.90 Å². The molecular weight excluding hydrogens is 208 g/mol. The smallest absolute Gasteiger partial charge is 0.0459 e. The van der Waals surface area contributed by atoms with Crippen LogP contribution in [0.5, 0.6) is 0 Å². The molecule has 1 N–H and O–H groups in total. The highest BCUT2D eigenvalue weighted by atomic mass is 15.2. The zero-order valence-electron chi connectivity index (χ0n) is 10.9. The Morgan fingerprint density at radius 1 is 1.18 bits per heavy atom. The molecule has 2 heteroatoms. The third-order valence-corrected chi connectivity index (χ3v) is 3.83. The molecule has 0 unspecified atom stereocenters. The molecule has 0 amide bonds. The number of H-pyrrole nitrogens is 1. The third-order valence-electron chi connectivity index (χ3n) is 3.83. The van der Waals surface area contributed by atoms with E-state index < -0.39 is 0 Å². The van der Waals surface area contributed by atoms with E-state index in [9.17, 15) is 0 Å². The van der Waals surface area contributed by atoms with Crippen LogP contribution in [0.3, 0.4) is 0 Å². The molecule has 17 heavy (non-hydrogen) atoms. The maximum Gasteiger partial charge on any atom is 0.0459 e. The van der Waals surface area contributed by atoms with Crippen molar-refractivity contribution < 1.29 is 0 Å². The summed E-state index contributed by atoms with van der Waals surface area (Å²) in [6.07, 6.45) is 1.14. The van der Waals surface area contributed by atoms with Gasteiger partial charge in [0.15, 0.2) is 0 Å². The topological polar surface area (TPSA) is 19.0 Å². The van der Waals surface area contributed by atoms with Crippen molar-refractivity contribution in [1.82, 2.24) is 9.88 Å². The van der Waals surface area contributed by atoms with E-state index in [2.05, 4.69) is 54.9 Å². The average molecular weight is 228 g/mol. The number of para-hydroxylation sites is 1. The molecule has 0 spiro atoms. The summed E-state index contributed by atoms with van der Waals surface area (Å²) in [5, 5.41) is 1.40. The van der Waals surface area contributed by atoms with Gasteiger partial charge in [0.25, 0.3) is 0 Å². The number of fused-ring (bicyclic) bond motifs is 3. The van der Waals surface area contributed by atoms with Crippen LogP contribution in [0.15, 0.2) is 24.3 Å². The van der Waals surface area contributed by atoms with E-state index in [1.54, 1.807) is 0 Å². The van der Waals surface area contributed by atoms with Crippen molar-refractivity contribution in [2.24, 2.45) is 0 Å². The van der Waals surface area contributed by atoms with Gasteiger partial charge in [-0.2, -0.15) is 0 Å². The van der Waals surface area contributed by atoms with Gasteiger partial charge in [-0.25, -0.2) is 0 Å². The molecule has 1 aromatic heterocycles. The van der Waals surface area contributed by atoms with Gasteiger partial charge in [0.1, 0.15) is 0 Å². The van der Waals surface area contributed by atoms with Gasteiger partial charge in [0.05, 0.1) is 0 Å². The van der Waals surface area contributed by atoms with Gasteiger partial charge < -0.3 is 4.98 Å². The second kappa shape index (κ2) is 3.61. The number of benzene rings is 1. The Labute approximate surface area is 103 Å². The first-order chi connectivity index (χ1) is 8.05. The molecule has 0 aliphatic carbocycles. The maximum atomic E-state index is 3.56. The van der Waals surface area contributed by atoms with Crippen molar-refractivity contribution in [2.45, 2.75) is 39.3 Å². The van der Waals surface area contributed by atoms with Crippen molar-refractivity contribution >= 4 is 10.9 Å². The lowest BCUT2D eigenvalue weighted by atomic mass is 9.98. The monoisotopic (exact) mass is 228 g/mol. The Balaban J connectivity index is 2.06. The molecule has 3 rings (SSSR count). The summed E-state index contributed by atoms with van der Waals surface area (Å²) in [7, 11) is 0. The molecule has 2 nitrogen and oxygen atoms in total. The van der Waals surface area contributed by atoms with Gasteiger partial charge in [-0.15, -0.1) is 0 Å². The van der Waals surface area contributed by atoms with E-state index in [0.29, 0.717) is 0 Å². The first kappa shape index (κ1) is 10.8. The van der Waals surface area contributed by atoms with E-state index in [1.807, 2.05) is 0 Å². The number of hydrogen-bond donors (Lipinski definition) is 1. The molecule has 1 aromatic carbocycles. The lowest BCUT2D eigenvalue weighted by molar-refractivity contribution is 0.121. The van der Waals surface area contributed by atoms with Crippen LogP contribution in [0.1, 0.15) is 32.0 Å². The van der Waals surface area contributed by atoms with Crippen LogP contribution in [0.2, 0.25) is 0 Å². The van der Waals surface area contributed by atoms with Gasteiger partial charge in [-0.1, -0.05) is 18.2 Å². The van der Waals surface area contributed by atoms with Crippen molar-refractivity contribution in [3.8, 4) is 0 Å². The standard InChI is InChI=1S/C15H20N2/c1-15(2,3)17-9-8-14-12(10-17)11-6-4-5-7-13(11)16-14/h4-7,16H,8-10H2,1-3H3. The number of nitrogens with zero attached hydrogens (tertiary/aromatic N) is 1. The van der Waals surface area contributed by atoms with E-state index in [1.165, 1.54) is 22.2 Å². The van der Waals surface area contributed by atoms with Crippen molar-refractivity contribution in [3.63, 3.8) is 0 Å². The second-order valence-corrected chi connectivity index (χ2v) is 5.97. The summed E-state index contributed by atoms with van der Waals surface area (Å²) in [5.41, 5.74) is 4.48. The highest BCUT2D eigenvalue weighted by molar-refractivity contribution is 5.84. The van der Waals surface area contributed by atoms with Crippen LogP contribution >= 0.6 is 0 Å². The summed E-state index contributed by atoms with van der Waals surface area (Å²) in [5.74, 6) is 0. The van der Waals surface area contributed by atoms with Crippen LogP contribution in [-0.4, -0.2) is 22.0 Å². The molecule has 0 bridgehead atoms. The second-order valence-electron chi connectivity index (χ2n) is 5.97. The Kier molecular flexibility index (Phi) is 2.30. The van der Waals surface area contributed by atoms with Crippen molar-refractivity contribution in [2.75, 3.05) is 6.54 Å². The molecule has 2 heterocycles. The van der Waals surface area contributed by atoms with Crippen molar-refractivity contribution in [3.05, 3.63) is 35.5 Å². The first-order valence-electron chi connectivity index (χ1n) is 6.39. The van der Waals surface area contributed by atoms with Gasteiger partial charge in [0.2, 0.25) is 0 Å². The van der Waals surface area contributed by atoms with E-state index in [0.717, 1.165) is 19.5 Å². The quantitative estimate of drug-likeness (QED) is 0.733. The van der Waals surface area contributed by atoms with Crippen LogP contribution in [-0.2, 0) is 13.0 Å². The van der Waals surface area contributed by atoms with Crippen LogP contribution in [0, 0.1) is 0 Å². The normalized spacial score (nSPS) is 17.4. The SMILES string of the molecule is CC(C)(C)N1CCc2[nH]c3ccccc3c2C1. The van der Waals surface area contributed by atoms with Gasteiger partial charge >= 0.3 is 0 Å². The van der Waals surface area contributed by atoms with Crippen LogP contribution in [0.25, 0.3) is 10.9 Å². The molecule has 0 saturated carbocycles. The minimum atomic E-state index is 0.260. The summed E-state index contributed by atoms with van der Waals surface area (Å²) in [6.45, 7) is 9.12. The average Bonchev–Trinajstić information content (AvgIpc) is 2.65. The molecule has 0 saturated heterocycles. The number of nitrogens with one attached hydrogen (secondary N) is 1. The molecule has 2 aromatic rings. The van der Waals surface area contributed by atoms with Gasteiger partial charge in [-0.05, 0) is 32.4 Å². The fourth-order valence-electron chi connectivity index (χ4n) is 2.74. The number of aromatic nitrogens is 1. The van der Waals surface area contributed by atoms with Crippen LogP contribution < -0.4 is 0 Å². The zero-order valence-corrected chi connectivity index (χ0v) is 10.9. The first-order valence-corrected chi connectivity index (χ1v) is 6.39. The fraction of sp³-hybridized carbons (Fsp3) is 0.467. The molecular formula is C15H20N2. The largest absolute Gasteiger partial charge is 0.358 e. The van der Waals surface area contributed by atoms with E-state index in [4.69, 9.17) is 0 Å². The minimum absolute atomic E-state index is 0.260. The summed E-state index contributed by atoms with van der Waals surface area (Å²) in [6, 6.07) is 8.64. The molecule has 1 aliphatic rings. The Bertz CT molecular complexity index is 546. The Hall–Kier alpha value is -1.28. The van der Waals surface area contributed by atoms with E-state index in [-0.39, 0.29) is 5.54 Å². The number of rotatable bonds is 0. The summed E-state index contributed by atoms with van der Waals surface area (Å²) in [4.78, 5) is 6.13. The van der Waals surface area contributed by atoms with Crippen molar-refractivity contribution in [1.29, 1.82) is 0 Å². The molecule has 0 radical (unpaired) electrons. The predicted molar refractivity (Wildman–Crippen MR) is 72.2 cm³/mol. The number of aromatic amines is 1. The highest BCUT2D eigenvalue weighted by Crippen LogP contribution is 2.30. The highest BCUT2D eigenvalue weighted by Gasteiger charge is 2.27. The number of hydrogen-bond acceptors (Lipinski definition) is 1. The lowest BCUT2D eigenvalue weighted by Crippen LogP contribution is -2.44. The Morgan fingerprint density at radius 3 is 2.71 bits per heavy atom. The predicted octanol–water partition coefficient (Wildman–Crippen LogP) is 3.32. The van der Waals surface area contributed by atoms with Gasteiger partial charge in [0, 0.05) is 41.6 Å². The molecule has 90 valence electrons. The molecule has 0 fully saturated rings. The zero-order chi connectivity index (χ0) is 12.0. The summed E-state index contributed by atoms with van der Waals surface area (Å²) >= 11 is 0. The summed E-state index contributed by atoms with van der Waals surface area (Å²) < 4.78 is 0. The third kappa shape index (κ3) is 1.77. The molecule has 1 aliphatic heterocycles. The maximum absolute atomic E-state index is 3.56. The Morgan fingerprint density at radius 2 is 1.94 bits per heavy atom.